The normalized spacial score (nSPS) is 10.2. The summed E-state index contributed by atoms with van der Waals surface area (Å²) in [4.78, 5) is 23.6. The van der Waals surface area contributed by atoms with E-state index in [9.17, 15) is 4.79 Å². The molecule has 2 heterocycles. The number of pyridine rings is 1. The van der Waals surface area contributed by atoms with E-state index in [-0.39, 0.29) is 0 Å². The number of aryl methyl sites for hydroxylation is 2. The first-order chi connectivity index (χ1) is 8.19. The van der Waals surface area contributed by atoms with Crippen LogP contribution < -0.4 is 0 Å². The van der Waals surface area contributed by atoms with E-state index in [1.807, 2.05) is 19.9 Å². The topological polar surface area (TPSA) is 55.7 Å². The molecular formula is C12H11N3OS. The maximum Gasteiger partial charge on any atom is 0.194 e. The molecule has 0 atom stereocenters. The van der Waals surface area contributed by atoms with Gasteiger partial charge >= 0.3 is 0 Å². The standard InChI is InChI=1S/C12H11N3OS/c1-8-6-9(2)15-12(14-8)17-11-10(7-16)4-3-5-13-11/h3-7H,1-2H3. The third-order valence-corrected chi connectivity index (χ3v) is 2.98. The lowest BCUT2D eigenvalue weighted by molar-refractivity contribution is 0.112. The quantitative estimate of drug-likeness (QED) is 0.614. The van der Waals surface area contributed by atoms with Crippen LogP contribution in [0.15, 0.2) is 34.6 Å². The number of hydrogen-bond acceptors (Lipinski definition) is 5. The van der Waals surface area contributed by atoms with E-state index in [0.717, 1.165) is 17.7 Å². The first-order valence-corrected chi connectivity index (χ1v) is 5.91. The van der Waals surface area contributed by atoms with E-state index < -0.39 is 0 Å². The van der Waals surface area contributed by atoms with Crippen LogP contribution in [-0.4, -0.2) is 21.2 Å². The zero-order chi connectivity index (χ0) is 12.3. The zero-order valence-corrected chi connectivity index (χ0v) is 10.4. The molecule has 0 saturated carbocycles. The number of aromatic nitrogens is 3. The summed E-state index contributed by atoms with van der Waals surface area (Å²) in [5, 5.41) is 1.25. The molecule has 0 fully saturated rings. The Labute approximate surface area is 104 Å². The van der Waals surface area contributed by atoms with Crippen LogP contribution in [0.4, 0.5) is 0 Å². The van der Waals surface area contributed by atoms with Crippen molar-refractivity contribution in [3.05, 3.63) is 41.3 Å². The van der Waals surface area contributed by atoms with Gasteiger partial charge in [-0.1, -0.05) is 0 Å². The number of aldehydes is 1. The third-order valence-electron chi connectivity index (χ3n) is 2.08. The third kappa shape index (κ3) is 2.88. The van der Waals surface area contributed by atoms with Crippen molar-refractivity contribution in [2.45, 2.75) is 24.0 Å². The molecule has 0 saturated heterocycles. The molecule has 0 aliphatic rings. The van der Waals surface area contributed by atoms with Crippen molar-refractivity contribution in [2.75, 3.05) is 0 Å². The summed E-state index contributed by atoms with van der Waals surface area (Å²) in [5.41, 5.74) is 2.37. The molecule has 0 spiro atoms. The summed E-state index contributed by atoms with van der Waals surface area (Å²) in [7, 11) is 0. The molecule has 0 aliphatic carbocycles. The predicted molar refractivity (Wildman–Crippen MR) is 65.3 cm³/mol. The predicted octanol–water partition coefficient (Wildman–Crippen LogP) is 2.45. The smallest absolute Gasteiger partial charge is 0.194 e. The van der Waals surface area contributed by atoms with Gasteiger partial charge in [-0.15, -0.1) is 0 Å². The first kappa shape index (κ1) is 11.7. The van der Waals surface area contributed by atoms with Gasteiger partial charge in [-0.2, -0.15) is 0 Å². The number of nitrogens with zero attached hydrogens (tertiary/aromatic N) is 3. The van der Waals surface area contributed by atoms with E-state index in [1.165, 1.54) is 11.8 Å². The van der Waals surface area contributed by atoms with Crippen LogP contribution in [0.1, 0.15) is 21.7 Å². The minimum Gasteiger partial charge on any atom is -0.298 e. The van der Waals surface area contributed by atoms with Gasteiger partial charge in [0.2, 0.25) is 0 Å². The first-order valence-electron chi connectivity index (χ1n) is 5.09. The molecule has 5 heteroatoms. The fourth-order valence-corrected chi connectivity index (χ4v) is 2.30. The molecule has 0 amide bonds. The van der Waals surface area contributed by atoms with Crippen molar-refractivity contribution in [3.63, 3.8) is 0 Å². The van der Waals surface area contributed by atoms with Crippen LogP contribution in [-0.2, 0) is 0 Å². The molecule has 2 aromatic rings. The van der Waals surface area contributed by atoms with E-state index >= 15 is 0 Å². The molecule has 4 nitrogen and oxygen atoms in total. The summed E-state index contributed by atoms with van der Waals surface area (Å²) in [6, 6.07) is 5.37. The van der Waals surface area contributed by atoms with E-state index in [4.69, 9.17) is 0 Å². The van der Waals surface area contributed by atoms with Crippen LogP contribution in [0.25, 0.3) is 0 Å². The lowest BCUT2D eigenvalue weighted by Crippen LogP contribution is -1.95. The second kappa shape index (κ2) is 5.05. The van der Waals surface area contributed by atoms with Gasteiger partial charge in [-0.25, -0.2) is 15.0 Å². The highest BCUT2D eigenvalue weighted by Gasteiger charge is 2.07. The van der Waals surface area contributed by atoms with Gasteiger partial charge in [0.25, 0.3) is 0 Å². The minimum atomic E-state index is 0.556. The second-order valence-corrected chi connectivity index (χ2v) is 4.51. The molecule has 2 aromatic heterocycles. The number of hydrogen-bond donors (Lipinski definition) is 0. The summed E-state index contributed by atoms with van der Waals surface area (Å²) in [6.07, 6.45) is 2.44. The molecule has 86 valence electrons. The van der Waals surface area contributed by atoms with E-state index in [2.05, 4.69) is 15.0 Å². The maximum absolute atomic E-state index is 10.9. The number of carbonyl (C=O) groups excluding carboxylic acids is 1. The Hall–Kier alpha value is -1.75. The molecule has 0 unspecified atom stereocenters. The molecule has 0 bridgehead atoms. The highest BCUT2D eigenvalue weighted by atomic mass is 32.2. The zero-order valence-electron chi connectivity index (χ0n) is 9.54. The van der Waals surface area contributed by atoms with Crippen LogP contribution in [0.2, 0.25) is 0 Å². The van der Waals surface area contributed by atoms with Crippen molar-refractivity contribution >= 4 is 18.0 Å². The van der Waals surface area contributed by atoms with Gasteiger partial charge in [-0.3, -0.25) is 4.79 Å². The summed E-state index contributed by atoms with van der Waals surface area (Å²) in [6.45, 7) is 3.83. The number of rotatable bonds is 3. The molecule has 2 rings (SSSR count). The average Bonchev–Trinajstić information content (AvgIpc) is 2.28. The average molecular weight is 245 g/mol. The lowest BCUT2D eigenvalue weighted by atomic mass is 10.3. The molecule has 0 aliphatic heterocycles. The van der Waals surface area contributed by atoms with Gasteiger partial charge in [0, 0.05) is 23.1 Å². The largest absolute Gasteiger partial charge is 0.298 e. The van der Waals surface area contributed by atoms with Gasteiger partial charge in [0.1, 0.15) is 5.03 Å². The fraction of sp³-hybridized carbons (Fsp3) is 0.167. The Bertz CT molecular complexity index is 537. The monoisotopic (exact) mass is 245 g/mol. The highest BCUT2D eigenvalue weighted by Crippen LogP contribution is 2.25. The van der Waals surface area contributed by atoms with Gasteiger partial charge in [-0.05, 0) is 43.8 Å². The molecule has 0 N–H and O–H groups in total. The van der Waals surface area contributed by atoms with Gasteiger partial charge in [0.15, 0.2) is 11.4 Å². The Kier molecular flexibility index (Phi) is 3.49. The van der Waals surface area contributed by atoms with Gasteiger partial charge in [0.05, 0.1) is 0 Å². The Morgan fingerprint density at radius 1 is 1.24 bits per heavy atom. The highest BCUT2D eigenvalue weighted by molar-refractivity contribution is 7.99. The van der Waals surface area contributed by atoms with Crippen molar-refractivity contribution in [1.82, 2.24) is 15.0 Å². The lowest BCUT2D eigenvalue weighted by Gasteiger charge is -2.03. The molecule has 17 heavy (non-hydrogen) atoms. The van der Waals surface area contributed by atoms with E-state index in [1.54, 1.807) is 18.3 Å². The summed E-state index contributed by atoms with van der Waals surface area (Å²) in [5.74, 6) is 0. The van der Waals surface area contributed by atoms with Crippen molar-refractivity contribution in [1.29, 1.82) is 0 Å². The van der Waals surface area contributed by atoms with Crippen molar-refractivity contribution in [3.8, 4) is 0 Å². The van der Waals surface area contributed by atoms with Crippen LogP contribution in [0.5, 0.6) is 0 Å². The van der Waals surface area contributed by atoms with E-state index in [0.29, 0.717) is 15.7 Å². The molecule has 0 radical (unpaired) electrons. The molecular weight excluding hydrogens is 234 g/mol. The SMILES string of the molecule is Cc1cc(C)nc(Sc2ncccc2C=O)n1. The Morgan fingerprint density at radius 2 is 1.94 bits per heavy atom. The van der Waals surface area contributed by atoms with Crippen molar-refractivity contribution in [2.24, 2.45) is 0 Å². The van der Waals surface area contributed by atoms with Crippen molar-refractivity contribution < 1.29 is 4.79 Å². The Balaban J connectivity index is 2.34. The minimum absolute atomic E-state index is 0.556. The van der Waals surface area contributed by atoms with Crippen LogP contribution in [0.3, 0.4) is 0 Å². The van der Waals surface area contributed by atoms with Crippen LogP contribution >= 0.6 is 11.8 Å². The fourth-order valence-electron chi connectivity index (χ4n) is 1.40. The summed E-state index contributed by atoms with van der Waals surface area (Å²) >= 11 is 1.30. The number of carbonyl (C=O) groups is 1. The maximum atomic E-state index is 10.9. The second-order valence-electron chi connectivity index (χ2n) is 3.55. The Morgan fingerprint density at radius 3 is 2.59 bits per heavy atom. The molecule has 0 aromatic carbocycles. The van der Waals surface area contributed by atoms with Crippen LogP contribution in [0, 0.1) is 13.8 Å². The summed E-state index contributed by atoms with van der Waals surface area (Å²) < 4.78 is 0. The van der Waals surface area contributed by atoms with Gasteiger partial charge < -0.3 is 0 Å².